The Balaban J connectivity index is 0.965. The van der Waals surface area contributed by atoms with Crippen LogP contribution in [-0.4, -0.2) is 70.9 Å². The molecule has 1 aromatic rings. The maximum atomic E-state index is 13.1. The van der Waals surface area contributed by atoms with E-state index in [0.29, 0.717) is 91.9 Å². The molecule has 2 heterocycles. The van der Waals surface area contributed by atoms with Crippen LogP contribution in [0.25, 0.3) is 0 Å². The van der Waals surface area contributed by atoms with Crippen molar-refractivity contribution in [3.8, 4) is 5.75 Å². The summed E-state index contributed by atoms with van der Waals surface area (Å²) in [5.41, 5.74) is 2.42. The van der Waals surface area contributed by atoms with Crippen LogP contribution in [0.2, 0.25) is 0 Å². The van der Waals surface area contributed by atoms with Gasteiger partial charge in [0.25, 0.3) is 0 Å². The van der Waals surface area contributed by atoms with Gasteiger partial charge in [-0.2, -0.15) is 22.0 Å². The predicted molar refractivity (Wildman–Crippen MR) is 185 cm³/mol. The second-order valence-electron chi connectivity index (χ2n) is 16.3. The van der Waals surface area contributed by atoms with E-state index < -0.39 is 35.7 Å². The molecular formula is C39H54F5NO5S. The Morgan fingerprint density at radius 3 is 2.33 bits per heavy atom. The highest BCUT2D eigenvalue weighted by Gasteiger charge is 2.57. The first-order valence-electron chi connectivity index (χ1n) is 19.3. The number of carbonyl (C=O) groups is 2. The number of likely N-dealkylation sites (tertiary alicyclic amines) is 1. The van der Waals surface area contributed by atoms with E-state index in [-0.39, 0.29) is 17.3 Å². The minimum Gasteiger partial charge on any atom is -0.410 e. The molecule has 0 N–H and O–H groups in total. The summed E-state index contributed by atoms with van der Waals surface area (Å²) in [7, 11) is -1.38. The van der Waals surface area contributed by atoms with E-state index in [2.05, 4.69) is 19.1 Å². The Kier molecular flexibility index (Phi) is 12.2. The quantitative estimate of drug-likeness (QED) is 0.132. The third-order valence-electron chi connectivity index (χ3n) is 13.0. The zero-order valence-corrected chi connectivity index (χ0v) is 30.6. The lowest BCUT2D eigenvalue weighted by molar-refractivity contribution is -0.284. The van der Waals surface area contributed by atoms with Crippen LogP contribution >= 0.6 is 0 Å². The van der Waals surface area contributed by atoms with E-state index in [1.54, 1.807) is 0 Å². The van der Waals surface area contributed by atoms with Gasteiger partial charge in [-0.15, -0.1) is 0 Å². The van der Waals surface area contributed by atoms with E-state index >= 15 is 0 Å². The Labute approximate surface area is 301 Å². The number of halogens is 5. The summed E-state index contributed by atoms with van der Waals surface area (Å²) in [5.74, 6) is -0.922. The molecule has 4 fully saturated rings. The Morgan fingerprint density at radius 2 is 1.63 bits per heavy atom. The maximum Gasteiger partial charge on any atom is 0.453 e. The van der Waals surface area contributed by atoms with E-state index in [9.17, 15) is 35.8 Å². The van der Waals surface area contributed by atoms with Crippen molar-refractivity contribution in [2.45, 2.75) is 121 Å². The van der Waals surface area contributed by atoms with Gasteiger partial charge in [-0.05, 0) is 91.9 Å². The number of hydrogen-bond donors (Lipinski definition) is 0. The Bertz CT molecular complexity index is 1410. The normalized spacial score (nSPS) is 30.9. The van der Waals surface area contributed by atoms with Gasteiger partial charge in [0.1, 0.15) is 11.5 Å². The van der Waals surface area contributed by atoms with Crippen LogP contribution in [0.3, 0.4) is 0 Å². The van der Waals surface area contributed by atoms with E-state index in [1.807, 2.05) is 11.0 Å². The van der Waals surface area contributed by atoms with Gasteiger partial charge in [-0.3, -0.25) is 9.00 Å². The highest BCUT2D eigenvalue weighted by molar-refractivity contribution is 7.84. The molecule has 2 aliphatic heterocycles. The lowest BCUT2D eigenvalue weighted by Gasteiger charge is -2.51. The number of ether oxygens (including phenoxy) is 2. The van der Waals surface area contributed by atoms with E-state index in [1.165, 1.54) is 11.1 Å². The first-order chi connectivity index (χ1) is 24.3. The van der Waals surface area contributed by atoms with Gasteiger partial charge in [0.05, 0.1) is 13.2 Å². The summed E-state index contributed by atoms with van der Waals surface area (Å²) in [6.07, 6.45) is 4.90. The molecule has 3 aliphatic carbocycles. The fourth-order valence-corrected chi connectivity index (χ4v) is 11.3. The SMILES string of the molecule is CC12CCC3c4ccc(OC(=O)N5CC6COCC6C5)cc4CC(CCCCCCCCCS(=O)CCCC(F)(F)C(F)(F)F)C3C1CCC2=O. The van der Waals surface area contributed by atoms with Crippen LogP contribution in [0.15, 0.2) is 18.2 Å². The number of alkyl halides is 5. The molecule has 1 amide bonds. The molecule has 0 spiro atoms. The number of Topliss-reactive ketones (excluding diaryl/α,β-unsaturated/α-hetero) is 1. The van der Waals surface area contributed by atoms with Gasteiger partial charge in [-0.25, -0.2) is 4.79 Å². The smallest absolute Gasteiger partial charge is 0.410 e. The van der Waals surface area contributed by atoms with Gasteiger partial charge < -0.3 is 14.4 Å². The van der Waals surface area contributed by atoms with Gasteiger partial charge in [0, 0.05) is 65.5 Å². The van der Waals surface area contributed by atoms with Crippen LogP contribution < -0.4 is 4.74 Å². The largest absolute Gasteiger partial charge is 0.453 e. The minimum atomic E-state index is -5.56. The second kappa shape index (κ2) is 16.1. The van der Waals surface area contributed by atoms with Gasteiger partial charge in [-0.1, -0.05) is 51.5 Å². The zero-order valence-electron chi connectivity index (χ0n) is 29.8. The fraction of sp³-hybridized carbons (Fsp3) is 0.795. The number of benzene rings is 1. The maximum absolute atomic E-state index is 13.1. The molecule has 6 nitrogen and oxygen atoms in total. The number of nitrogens with zero attached hydrogens (tertiary/aromatic N) is 1. The summed E-state index contributed by atoms with van der Waals surface area (Å²) in [5, 5.41) is 0. The fourth-order valence-electron chi connectivity index (χ4n) is 10.1. The molecule has 8 atom stereocenters. The first kappa shape index (κ1) is 38.6. The number of ketones is 1. The zero-order chi connectivity index (χ0) is 36.4. The number of hydrogen-bond acceptors (Lipinski definition) is 5. The highest BCUT2D eigenvalue weighted by atomic mass is 32.2. The van der Waals surface area contributed by atoms with Crippen LogP contribution in [0.4, 0.5) is 26.7 Å². The van der Waals surface area contributed by atoms with Gasteiger partial charge in [0.2, 0.25) is 0 Å². The van der Waals surface area contributed by atoms with Crippen molar-refractivity contribution in [2.24, 2.45) is 35.0 Å². The summed E-state index contributed by atoms with van der Waals surface area (Å²) in [6.45, 7) is 5.00. The average molecular weight is 744 g/mol. The lowest BCUT2D eigenvalue weighted by atomic mass is 9.52. The Hall–Kier alpha value is -2.08. The van der Waals surface area contributed by atoms with Crippen LogP contribution in [0, 0.1) is 35.0 Å². The topological polar surface area (TPSA) is 72.9 Å². The summed E-state index contributed by atoms with van der Waals surface area (Å²) >= 11 is 0. The van der Waals surface area contributed by atoms with Crippen LogP contribution in [0.5, 0.6) is 5.75 Å². The predicted octanol–water partition coefficient (Wildman–Crippen LogP) is 9.26. The molecule has 0 bridgehead atoms. The molecule has 1 aromatic carbocycles. The highest BCUT2D eigenvalue weighted by Crippen LogP contribution is 2.61. The van der Waals surface area contributed by atoms with Crippen molar-refractivity contribution in [3.05, 3.63) is 29.3 Å². The number of fused-ring (bicyclic) bond motifs is 6. The molecule has 12 heteroatoms. The van der Waals surface area contributed by atoms with Crippen molar-refractivity contribution in [2.75, 3.05) is 37.8 Å². The van der Waals surface area contributed by atoms with E-state index in [4.69, 9.17) is 9.47 Å². The number of amides is 1. The third kappa shape index (κ3) is 8.68. The molecule has 8 unspecified atom stereocenters. The number of carbonyl (C=O) groups excluding carboxylic acids is 2. The van der Waals surface area contributed by atoms with Crippen LogP contribution in [0.1, 0.15) is 114 Å². The summed E-state index contributed by atoms with van der Waals surface area (Å²) in [6, 6.07) is 6.23. The summed E-state index contributed by atoms with van der Waals surface area (Å²) in [4.78, 5) is 28.0. The molecule has 2 saturated heterocycles. The van der Waals surface area contributed by atoms with Crippen molar-refractivity contribution >= 4 is 22.7 Å². The monoisotopic (exact) mass is 743 g/mol. The van der Waals surface area contributed by atoms with Crippen molar-refractivity contribution in [1.82, 2.24) is 4.90 Å². The molecule has 0 aromatic heterocycles. The first-order valence-corrected chi connectivity index (χ1v) is 20.8. The molecule has 0 radical (unpaired) electrons. The molecule has 51 heavy (non-hydrogen) atoms. The minimum absolute atomic E-state index is 0.130. The van der Waals surface area contributed by atoms with Crippen molar-refractivity contribution < 1.29 is 45.2 Å². The third-order valence-corrected chi connectivity index (χ3v) is 14.5. The van der Waals surface area contributed by atoms with E-state index in [0.717, 1.165) is 70.6 Å². The molecule has 2 saturated carbocycles. The average Bonchev–Trinajstić information content (AvgIpc) is 3.77. The molecular weight excluding hydrogens is 689 g/mol. The second-order valence-corrected chi connectivity index (χ2v) is 18.0. The number of rotatable bonds is 15. The Morgan fingerprint density at radius 1 is 0.961 bits per heavy atom. The standard InChI is InChI=1S/C39H54F5NO5S/c1-37-17-15-32-31-12-11-30(50-36(47)45-22-28-24-49-25-29(28)23-45)21-27(31)20-26(35(32)33(37)13-14-34(37)46)10-7-5-3-2-4-6-8-18-51(48)19-9-16-38(40,41)39(42,43)44/h11-12,21,26,28-29,32-33,35H,2-10,13-20,22-25H2,1H3. The summed E-state index contributed by atoms with van der Waals surface area (Å²) < 4.78 is 86.6. The van der Waals surface area contributed by atoms with Crippen molar-refractivity contribution in [3.63, 3.8) is 0 Å². The molecule has 286 valence electrons. The van der Waals surface area contributed by atoms with Gasteiger partial charge in [0.15, 0.2) is 0 Å². The number of unbranched alkanes of at least 4 members (excludes halogenated alkanes) is 6. The molecule has 6 rings (SSSR count). The van der Waals surface area contributed by atoms with Crippen LogP contribution in [-0.2, 0) is 26.8 Å². The molecule has 5 aliphatic rings. The van der Waals surface area contributed by atoms with Crippen molar-refractivity contribution in [1.29, 1.82) is 0 Å². The van der Waals surface area contributed by atoms with Gasteiger partial charge >= 0.3 is 18.2 Å². The lowest BCUT2D eigenvalue weighted by Crippen LogP contribution is -2.46.